The van der Waals surface area contributed by atoms with Crippen LogP contribution in [0, 0.1) is 10.1 Å². The molecule has 3 aromatic rings. The first-order valence-corrected chi connectivity index (χ1v) is 12.8. The molecule has 3 aromatic carbocycles. The Labute approximate surface area is 215 Å². The lowest BCUT2D eigenvalue weighted by Crippen LogP contribution is -2.52. The Bertz CT molecular complexity index is 1300. The average molecular weight is 504 g/mol. The molecule has 0 aromatic heterocycles. The predicted molar refractivity (Wildman–Crippen MR) is 147 cm³/mol. The molecule has 2 saturated heterocycles. The fraction of sp³-hybridized carbons (Fsp3) is 0.333. The van der Waals surface area contributed by atoms with Crippen LogP contribution in [0.1, 0.15) is 29.6 Å². The van der Waals surface area contributed by atoms with Gasteiger partial charge in [-0.05, 0) is 66.5 Å². The number of benzene rings is 3. The Morgan fingerprint density at radius 3 is 2.28 bits per heavy atom. The second-order valence-electron chi connectivity index (χ2n) is 9.27. The standard InChI is InChI=1S/C27H29N5O3S/c33-26(22-9-8-20-6-2-3-7-21(20)18-22)28-27(36)31-16-14-29(15-17-31)23-10-11-24(32(34)35)25(19-23)30-12-4-1-5-13-30/h2-3,6-11,18-19H,1,4-5,12-17H2,(H,28,33,36). The van der Waals surface area contributed by atoms with E-state index in [1.165, 1.54) is 6.42 Å². The van der Waals surface area contributed by atoms with Gasteiger partial charge in [0.15, 0.2) is 5.11 Å². The fourth-order valence-electron chi connectivity index (χ4n) is 5.00. The smallest absolute Gasteiger partial charge is 0.292 e. The summed E-state index contributed by atoms with van der Waals surface area (Å²) >= 11 is 5.55. The molecular weight excluding hydrogens is 474 g/mol. The van der Waals surface area contributed by atoms with Crippen LogP contribution in [0.3, 0.4) is 0 Å². The second-order valence-corrected chi connectivity index (χ2v) is 9.66. The molecule has 0 atom stereocenters. The van der Waals surface area contributed by atoms with Crippen LogP contribution in [0.25, 0.3) is 10.8 Å². The summed E-state index contributed by atoms with van der Waals surface area (Å²) in [6, 6.07) is 19.0. The number of rotatable bonds is 4. The van der Waals surface area contributed by atoms with E-state index >= 15 is 0 Å². The normalized spacial score (nSPS) is 16.2. The van der Waals surface area contributed by atoms with Crippen molar-refractivity contribution in [2.75, 3.05) is 49.1 Å². The Hall–Kier alpha value is -3.72. The highest BCUT2D eigenvalue weighted by atomic mass is 32.1. The summed E-state index contributed by atoms with van der Waals surface area (Å²) in [4.78, 5) is 30.5. The van der Waals surface area contributed by atoms with E-state index < -0.39 is 0 Å². The van der Waals surface area contributed by atoms with Gasteiger partial charge in [0.1, 0.15) is 5.69 Å². The number of nitro benzene ring substituents is 1. The summed E-state index contributed by atoms with van der Waals surface area (Å²) in [5, 5.41) is 17.0. The molecule has 0 spiro atoms. The van der Waals surface area contributed by atoms with Gasteiger partial charge in [-0.15, -0.1) is 0 Å². The summed E-state index contributed by atoms with van der Waals surface area (Å²) < 4.78 is 0. The molecule has 186 valence electrons. The monoisotopic (exact) mass is 503 g/mol. The van der Waals surface area contributed by atoms with Gasteiger partial charge < -0.3 is 14.7 Å². The zero-order valence-corrected chi connectivity index (χ0v) is 20.9. The maximum atomic E-state index is 12.8. The number of carbonyl (C=O) groups is 1. The number of nitrogens with zero attached hydrogens (tertiary/aromatic N) is 4. The number of amides is 1. The molecule has 0 bridgehead atoms. The average Bonchev–Trinajstić information content (AvgIpc) is 2.93. The third-order valence-corrected chi connectivity index (χ3v) is 7.38. The van der Waals surface area contributed by atoms with Gasteiger partial charge in [-0.2, -0.15) is 0 Å². The van der Waals surface area contributed by atoms with E-state index in [1.54, 1.807) is 6.07 Å². The molecule has 0 saturated carbocycles. The highest BCUT2D eigenvalue weighted by Gasteiger charge is 2.25. The molecule has 2 fully saturated rings. The van der Waals surface area contributed by atoms with Crippen LogP contribution < -0.4 is 15.1 Å². The molecule has 0 aliphatic carbocycles. The van der Waals surface area contributed by atoms with Gasteiger partial charge in [0.25, 0.3) is 11.6 Å². The van der Waals surface area contributed by atoms with Crippen molar-refractivity contribution in [3.8, 4) is 0 Å². The van der Waals surface area contributed by atoms with Crippen LogP contribution in [0.4, 0.5) is 17.1 Å². The molecule has 5 rings (SSSR count). The molecule has 0 unspecified atom stereocenters. The maximum Gasteiger partial charge on any atom is 0.292 e. The molecule has 1 N–H and O–H groups in total. The van der Waals surface area contributed by atoms with Crippen molar-refractivity contribution in [2.45, 2.75) is 19.3 Å². The van der Waals surface area contributed by atoms with Gasteiger partial charge in [0.05, 0.1) is 4.92 Å². The van der Waals surface area contributed by atoms with Crippen molar-refractivity contribution >= 4 is 51.1 Å². The number of piperidine rings is 1. The van der Waals surface area contributed by atoms with Crippen LogP contribution in [0.5, 0.6) is 0 Å². The quantitative estimate of drug-likeness (QED) is 0.317. The van der Waals surface area contributed by atoms with Crippen molar-refractivity contribution < 1.29 is 9.72 Å². The van der Waals surface area contributed by atoms with Crippen LogP contribution in [-0.4, -0.2) is 60.1 Å². The molecule has 2 aliphatic heterocycles. The number of piperazine rings is 1. The largest absolute Gasteiger partial charge is 0.368 e. The van der Waals surface area contributed by atoms with Gasteiger partial charge in [0.2, 0.25) is 0 Å². The van der Waals surface area contributed by atoms with E-state index in [4.69, 9.17) is 12.2 Å². The molecular formula is C27H29N5O3S. The Morgan fingerprint density at radius 1 is 0.833 bits per heavy atom. The highest BCUT2D eigenvalue weighted by molar-refractivity contribution is 7.80. The third-order valence-electron chi connectivity index (χ3n) is 7.02. The Morgan fingerprint density at radius 2 is 1.56 bits per heavy atom. The van der Waals surface area contributed by atoms with Crippen LogP contribution in [-0.2, 0) is 0 Å². The fourth-order valence-corrected chi connectivity index (χ4v) is 5.27. The lowest BCUT2D eigenvalue weighted by molar-refractivity contribution is -0.384. The topological polar surface area (TPSA) is 82.0 Å². The number of hydrogen-bond donors (Lipinski definition) is 1. The van der Waals surface area contributed by atoms with Crippen molar-refractivity contribution in [1.82, 2.24) is 10.2 Å². The van der Waals surface area contributed by atoms with Gasteiger partial charge in [-0.3, -0.25) is 20.2 Å². The first-order chi connectivity index (χ1) is 17.5. The van der Waals surface area contributed by atoms with Gasteiger partial charge in [0, 0.05) is 56.6 Å². The zero-order valence-electron chi connectivity index (χ0n) is 20.1. The van der Waals surface area contributed by atoms with Crippen LogP contribution >= 0.6 is 12.2 Å². The number of thiocarbonyl (C=S) groups is 1. The van der Waals surface area contributed by atoms with Gasteiger partial charge >= 0.3 is 0 Å². The van der Waals surface area contributed by atoms with Crippen molar-refractivity contribution in [2.24, 2.45) is 0 Å². The molecule has 2 aliphatic rings. The first kappa shape index (κ1) is 24.0. The zero-order chi connectivity index (χ0) is 25.1. The second kappa shape index (κ2) is 10.5. The van der Waals surface area contributed by atoms with Crippen LogP contribution in [0.2, 0.25) is 0 Å². The highest BCUT2D eigenvalue weighted by Crippen LogP contribution is 2.34. The molecule has 2 heterocycles. The maximum absolute atomic E-state index is 12.8. The number of anilines is 2. The SMILES string of the molecule is O=C(NC(=S)N1CCN(c2ccc([N+](=O)[O-])c(N3CCCCC3)c2)CC1)c1ccc2ccccc2c1. The number of fused-ring (bicyclic) bond motifs is 1. The van der Waals surface area contributed by atoms with E-state index in [-0.39, 0.29) is 16.5 Å². The molecule has 1 amide bonds. The van der Waals surface area contributed by atoms with Crippen LogP contribution in [0.15, 0.2) is 60.7 Å². The van der Waals surface area contributed by atoms with E-state index in [2.05, 4.69) is 15.1 Å². The van der Waals surface area contributed by atoms with E-state index in [0.717, 1.165) is 42.4 Å². The summed E-state index contributed by atoms with van der Waals surface area (Å²) in [7, 11) is 0. The Balaban J connectivity index is 1.22. The van der Waals surface area contributed by atoms with Crippen molar-refractivity contribution in [1.29, 1.82) is 0 Å². The molecule has 9 heteroatoms. The van der Waals surface area contributed by atoms with Crippen molar-refractivity contribution in [3.05, 3.63) is 76.3 Å². The summed E-state index contributed by atoms with van der Waals surface area (Å²) in [5.41, 5.74) is 2.42. The molecule has 36 heavy (non-hydrogen) atoms. The minimum atomic E-state index is -0.289. The predicted octanol–water partition coefficient (Wildman–Crippen LogP) is 4.58. The number of carbonyl (C=O) groups excluding carboxylic acids is 1. The van der Waals surface area contributed by atoms with E-state index in [1.807, 2.05) is 59.5 Å². The lowest BCUT2D eigenvalue weighted by Gasteiger charge is -2.37. The number of nitro groups is 1. The van der Waals surface area contributed by atoms with E-state index in [9.17, 15) is 14.9 Å². The summed E-state index contributed by atoms with van der Waals surface area (Å²) in [6.07, 6.45) is 3.29. The van der Waals surface area contributed by atoms with Crippen molar-refractivity contribution in [3.63, 3.8) is 0 Å². The summed E-state index contributed by atoms with van der Waals surface area (Å²) in [6.45, 7) is 4.44. The number of hydrogen-bond acceptors (Lipinski definition) is 6. The Kier molecular flexibility index (Phi) is 6.99. The van der Waals surface area contributed by atoms with E-state index in [0.29, 0.717) is 42.5 Å². The third kappa shape index (κ3) is 5.11. The summed E-state index contributed by atoms with van der Waals surface area (Å²) in [5.74, 6) is -0.213. The molecule has 8 nitrogen and oxygen atoms in total. The minimum Gasteiger partial charge on any atom is -0.368 e. The van der Waals surface area contributed by atoms with Gasteiger partial charge in [-0.1, -0.05) is 30.3 Å². The molecule has 0 radical (unpaired) electrons. The minimum absolute atomic E-state index is 0.164. The van der Waals surface area contributed by atoms with Gasteiger partial charge in [-0.25, -0.2) is 0 Å². The number of nitrogens with one attached hydrogen (secondary N) is 1. The lowest BCUT2D eigenvalue weighted by atomic mass is 10.1. The first-order valence-electron chi connectivity index (χ1n) is 12.4.